The van der Waals surface area contributed by atoms with E-state index in [9.17, 15) is 18.0 Å². The summed E-state index contributed by atoms with van der Waals surface area (Å²) < 4.78 is 35.5. The minimum Gasteiger partial charge on any atom is -0.459 e. The Balaban J connectivity index is 2.17. The average molecular weight is 540 g/mol. The Morgan fingerprint density at radius 3 is 2.17 bits per heavy atom. The van der Waals surface area contributed by atoms with Gasteiger partial charge in [0.15, 0.2) is 0 Å². The van der Waals surface area contributed by atoms with E-state index in [2.05, 4.69) is 0 Å². The number of aryl methyl sites for hydroxylation is 1. The van der Waals surface area contributed by atoms with E-state index in [1.54, 1.807) is 70.9 Å². The lowest BCUT2D eigenvalue weighted by atomic mass is 10.1. The van der Waals surface area contributed by atoms with E-state index in [0.717, 1.165) is 4.31 Å². The summed E-state index contributed by atoms with van der Waals surface area (Å²) in [5, 5.41) is 0.923. The molecule has 0 N–H and O–H groups in total. The average Bonchev–Trinajstić information content (AvgIpc) is 3.05. The predicted molar refractivity (Wildman–Crippen MR) is 138 cm³/mol. The van der Waals surface area contributed by atoms with Gasteiger partial charge in [-0.1, -0.05) is 23.2 Å². The summed E-state index contributed by atoms with van der Waals surface area (Å²) in [6, 6.07) is 8.75. The van der Waals surface area contributed by atoms with Gasteiger partial charge in [0, 0.05) is 42.8 Å². The molecular formula is C24H27Cl2N3O5S. The van der Waals surface area contributed by atoms with Crippen LogP contribution >= 0.6 is 23.2 Å². The molecule has 0 radical (unpaired) electrons. The molecule has 0 fully saturated rings. The summed E-state index contributed by atoms with van der Waals surface area (Å²) in [6.45, 7) is 4.50. The monoisotopic (exact) mass is 539 g/mol. The largest absolute Gasteiger partial charge is 0.459 e. The predicted octanol–water partition coefficient (Wildman–Crippen LogP) is 4.72. The first-order valence-corrected chi connectivity index (χ1v) is 12.8. The van der Waals surface area contributed by atoms with Gasteiger partial charge in [0.05, 0.1) is 21.7 Å². The second-order valence-corrected chi connectivity index (χ2v) is 12.0. The molecule has 3 aromatic rings. The number of sulfonamides is 1. The van der Waals surface area contributed by atoms with Crippen molar-refractivity contribution < 1.29 is 22.7 Å². The zero-order chi connectivity index (χ0) is 26.3. The Morgan fingerprint density at radius 2 is 1.63 bits per heavy atom. The topological polar surface area (TPSA) is 88.9 Å². The lowest BCUT2D eigenvalue weighted by Crippen LogP contribution is -2.39. The molecule has 3 rings (SSSR count). The molecule has 11 heteroatoms. The zero-order valence-electron chi connectivity index (χ0n) is 20.3. The van der Waals surface area contributed by atoms with Crippen molar-refractivity contribution in [1.82, 2.24) is 9.47 Å². The van der Waals surface area contributed by atoms with Crippen molar-refractivity contribution in [2.75, 3.05) is 24.9 Å². The summed E-state index contributed by atoms with van der Waals surface area (Å²) in [5.41, 5.74) is 0.489. The molecule has 0 unspecified atom stereocenters. The first-order valence-electron chi connectivity index (χ1n) is 10.6. The summed E-state index contributed by atoms with van der Waals surface area (Å²) in [7, 11) is 0.784. The first kappa shape index (κ1) is 26.8. The number of hydrogen-bond donors (Lipinski definition) is 0. The van der Waals surface area contributed by atoms with Crippen molar-refractivity contribution in [3.8, 4) is 0 Å². The number of hydrogen-bond acceptors (Lipinski definition) is 5. The molecule has 0 bridgehead atoms. The number of rotatable bonds is 6. The first-order chi connectivity index (χ1) is 16.1. The van der Waals surface area contributed by atoms with Crippen LogP contribution in [-0.4, -0.2) is 56.0 Å². The molecule has 1 aromatic heterocycles. The van der Waals surface area contributed by atoms with Crippen LogP contribution in [0.3, 0.4) is 0 Å². The second-order valence-electron chi connectivity index (χ2n) is 9.26. The molecule has 35 heavy (non-hydrogen) atoms. The molecule has 8 nitrogen and oxygen atoms in total. The Kier molecular flexibility index (Phi) is 7.45. The number of carbonyl (C=O) groups is 2. The summed E-state index contributed by atoms with van der Waals surface area (Å²) in [5.74, 6) is -0.917. The van der Waals surface area contributed by atoms with Gasteiger partial charge in [-0.3, -0.25) is 13.9 Å². The van der Waals surface area contributed by atoms with Crippen LogP contribution < -0.4 is 4.31 Å². The van der Waals surface area contributed by atoms with Gasteiger partial charge in [-0.2, -0.15) is 0 Å². The van der Waals surface area contributed by atoms with E-state index in [4.69, 9.17) is 27.9 Å². The fourth-order valence-corrected chi connectivity index (χ4v) is 5.68. The number of nitrogens with zero attached hydrogens (tertiary/aromatic N) is 3. The van der Waals surface area contributed by atoms with Crippen molar-refractivity contribution in [3.63, 3.8) is 0 Å². The molecule has 0 spiro atoms. The van der Waals surface area contributed by atoms with E-state index in [0.29, 0.717) is 16.5 Å². The van der Waals surface area contributed by atoms with Crippen molar-refractivity contribution in [2.24, 2.45) is 7.05 Å². The van der Waals surface area contributed by atoms with Gasteiger partial charge in [-0.15, -0.1) is 0 Å². The Hall–Kier alpha value is -2.75. The highest BCUT2D eigenvalue weighted by Crippen LogP contribution is 2.32. The van der Waals surface area contributed by atoms with Crippen molar-refractivity contribution in [3.05, 3.63) is 58.2 Å². The number of aromatic nitrogens is 1. The molecule has 0 saturated heterocycles. The molecule has 0 saturated carbocycles. The molecule has 1 amide bonds. The Labute approximate surface area is 215 Å². The standard InChI is InChI=1S/C24H27Cl2N3O5S/c1-24(2,3)34-22(30)14-29(35(32,33)18-10-15(25)9-16(26)11-18)17-7-8-19-20(23(31)27(4)5)13-28(6)21(19)12-17/h7-13H,14H2,1-6H3. The summed E-state index contributed by atoms with van der Waals surface area (Å²) in [4.78, 5) is 26.6. The van der Waals surface area contributed by atoms with Gasteiger partial charge in [-0.05, 0) is 57.2 Å². The fourth-order valence-electron chi connectivity index (χ4n) is 3.55. The fraction of sp³-hybridized carbons (Fsp3) is 0.333. The highest BCUT2D eigenvalue weighted by Gasteiger charge is 2.30. The van der Waals surface area contributed by atoms with E-state index in [-0.39, 0.29) is 26.5 Å². The lowest BCUT2D eigenvalue weighted by Gasteiger charge is -2.26. The number of halogens is 2. The van der Waals surface area contributed by atoms with Crippen molar-refractivity contribution >= 4 is 61.7 Å². The molecule has 0 aliphatic heterocycles. The zero-order valence-corrected chi connectivity index (χ0v) is 22.6. The third kappa shape index (κ3) is 5.91. The molecule has 1 heterocycles. The van der Waals surface area contributed by atoms with Crippen molar-refractivity contribution in [2.45, 2.75) is 31.3 Å². The number of amides is 1. The molecule has 188 valence electrons. The molecule has 0 atom stereocenters. The van der Waals surface area contributed by atoms with Gasteiger partial charge in [0.2, 0.25) is 0 Å². The third-order valence-corrected chi connectivity index (χ3v) is 7.20. The second kappa shape index (κ2) is 9.72. The van der Waals surface area contributed by atoms with Crippen LogP contribution in [0.25, 0.3) is 10.9 Å². The number of carbonyl (C=O) groups excluding carboxylic acids is 2. The molecule has 0 aliphatic carbocycles. The van der Waals surface area contributed by atoms with Crippen LogP contribution in [0.5, 0.6) is 0 Å². The lowest BCUT2D eigenvalue weighted by molar-refractivity contribution is -0.152. The maximum atomic E-state index is 13.7. The SMILES string of the molecule is CN(C)C(=O)c1cn(C)c2cc(N(CC(=O)OC(C)(C)C)S(=O)(=O)c3cc(Cl)cc(Cl)c3)ccc12. The quantitative estimate of drug-likeness (QED) is 0.422. The van der Waals surface area contributed by atoms with Crippen LogP contribution in [0.1, 0.15) is 31.1 Å². The number of ether oxygens (including phenoxy) is 1. The van der Waals surface area contributed by atoms with Crippen LogP contribution in [-0.2, 0) is 26.6 Å². The van der Waals surface area contributed by atoms with E-state index in [1.165, 1.54) is 23.1 Å². The van der Waals surface area contributed by atoms with Crippen LogP contribution in [0.15, 0.2) is 47.5 Å². The van der Waals surface area contributed by atoms with Gasteiger partial charge in [-0.25, -0.2) is 8.42 Å². The highest BCUT2D eigenvalue weighted by atomic mass is 35.5. The van der Waals surface area contributed by atoms with Crippen LogP contribution in [0.2, 0.25) is 10.0 Å². The number of esters is 1. The Morgan fingerprint density at radius 1 is 1.03 bits per heavy atom. The van der Waals surface area contributed by atoms with Gasteiger partial charge in [0.1, 0.15) is 12.1 Å². The van der Waals surface area contributed by atoms with E-state index < -0.39 is 28.1 Å². The van der Waals surface area contributed by atoms with Gasteiger partial charge in [0.25, 0.3) is 15.9 Å². The smallest absolute Gasteiger partial charge is 0.327 e. The summed E-state index contributed by atoms with van der Waals surface area (Å²) in [6.07, 6.45) is 1.68. The maximum Gasteiger partial charge on any atom is 0.327 e. The van der Waals surface area contributed by atoms with Crippen LogP contribution in [0.4, 0.5) is 5.69 Å². The van der Waals surface area contributed by atoms with E-state index in [1.807, 2.05) is 0 Å². The molecule has 0 aliphatic rings. The minimum absolute atomic E-state index is 0.137. The number of anilines is 1. The minimum atomic E-state index is -4.28. The molecular weight excluding hydrogens is 513 g/mol. The van der Waals surface area contributed by atoms with E-state index >= 15 is 0 Å². The maximum absolute atomic E-state index is 13.7. The highest BCUT2D eigenvalue weighted by molar-refractivity contribution is 7.92. The van der Waals surface area contributed by atoms with Crippen molar-refractivity contribution in [1.29, 1.82) is 0 Å². The van der Waals surface area contributed by atoms with Gasteiger partial charge < -0.3 is 14.2 Å². The Bertz CT molecular complexity index is 1390. The number of benzene rings is 2. The normalized spacial score (nSPS) is 12.0. The summed E-state index contributed by atoms with van der Waals surface area (Å²) >= 11 is 12.1. The third-order valence-electron chi connectivity index (χ3n) is 5.02. The molecule has 2 aromatic carbocycles. The number of fused-ring (bicyclic) bond motifs is 1. The van der Waals surface area contributed by atoms with Gasteiger partial charge >= 0.3 is 5.97 Å². The van der Waals surface area contributed by atoms with Crippen LogP contribution in [0, 0.1) is 0 Å².